The molecule has 1 aromatic carbocycles. The number of hydrogen-bond donors (Lipinski definition) is 1. The minimum Gasteiger partial charge on any atom is -0.497 e. The zero-order chi connectivity index (χ0) is 18.5. The van der Waals surface area contributed by atoms with E-state index in [4.69, 9.17) is 4.74 Å². The van der Waals surface area contributed by atoms with Crippen molar-refractivity contribution in [3.05, 3.63) is 47.1 Å². The molecular formula is C17H17N5O3S. The number of nitrogens with one attached hydrogen (secondary N) is 1. The normalized spacial score (nSPS) is 10.7. The highest BCUT2D eigenvalue weighted by Crippen LogP contribution is 2.15. The van der Waals surface area contributed by atoms with Crippen molar-refractivity contribution in [3.8, 4) is 5.75 Å². The van der Waals surface area contributed by atoms with Crippen LogP contribution in [0.5, 0.6) is 5.75 Å². The Kier molecular flexibility index (Phi) is 5.47. The van der Waals surface area contributed by atoms with Crippen molar-refractivity contribution in [2.75, 3.05) is 18.2 Å². The summed E-state index contributed by atoms with van der Waals surface area (Å²) in [6.07, 6.45) is 2.78. The number of ether oxygens (including phenoxy) is 1. The minimum atomic E-state index is -0.354. The van der Waals surface area contributed by atoms with Crippen LogP contribution in [0.3, 0.4) is 0 Å². The molecule has 1 amide bonds. The Morgan fingerprint density at radius 1 is 1.27 bits per heavy atom. The Morgan fingerprint density at radius 3 is 2.73 bits per heavy atom. The molecule has 0 unspecified atom stereocenters. The van der Waals surface area contributed by atoms with Gasteiger partial charge in [-0.3, -0.25) is 14.2 Å². The molecule has 3 aromatic rings. The number of amides is 1. The van der Waals surface area contributed by atoms with Gasteiger partial charge in [-0.05, 0) is 30.0 Å². The summed E-state index contributed by atoms with van der Waals surface area (Å²) in [5.74, 6) is 1.18. The summed E-state index contributed by atoms with van der Waals surface area (Å²) in [7, 11) is 1.57. The predicted octanol–water partition coefficient (Wildman–Crippen LogP) is 1.95. The zero-order valence-electron chi connectivity index (χ0n) is 14.3. The molecule has 0 saturated heterocycles. The Morgan fingerprint density at radius 2 is 2.04 bits per heavy atom. The maximum Gasteiger partial charge on any atom is 0.264 e. The van der Waals surface area contributed by atoms with Gasteiger partial charge in [0.05, 0.1) is 7.11 Å². The molecule has 0 aliphatic carbocycles. The van der Waals surface area contributed by atoms with Gasteiger partial charge in [-0.25, -0.2) is 15.0 Å². The number of benzene rings is 1. The number of hydrogen-bond acceptors (Lipinski definition) is 7. The lowest BCUT2D eigenvalue weighted by atomic mass is 10.3. The Bertz CT molecular complexity index is 988. The van der Waals surface area contributed by atoms with Crippen LogP contribution in [0.25, 0.3) is 11.0 Å². The minimum absolute atomic E-state index is 0.154. The van der Waals surface area contributed by atoms with Crippen molar-refractivity contribution >= 4 is 34.4 Å². The van der Waals surface area contributed by atoms with Crippen LogP contribution in [0.15, 0.2) is 46.7 Å². The number of carbonyl (C=O) groups is 1. The fourth-order valence-corrected chi connectivity index (χ4v) is 2.82. The van der Waals surface area contributed by atoms with Gasteiger partial charge in [-0.2, -0.15) is 0 Å². The Labute approximate surface area is 153 Å². The van der Waals surface area contributed by atoms with Gasteiger partial charge >= 0.3 is 0 Å². The van der Waals surface area contributed by atoms with E-state index in [1.54, 1.807) is 31.4 Å². The van der Waals surface area contributed by atoms with E-state index in [2.05, 4.69) is 20.3 Å². The fraction of sp³-hybridized carbons (Fsp3) is 0.235. The summed E-state index contributed by atoms with van der Waals surface area (Å²) >= 11 is 1.47. The quantitative estimate of drug-likeness (QED) is 0.522. The highest BCUT2D eigenvalue weighted by Gasteiger charge is 2.10. The van der Waals surface area contributed by atoms with Gasteiger partial charge in [0.1, 0.15) is 24.0 Å². The lowest BCUT2D eigenvalue weighted by molar-refractivity contribution is -0.116. The van der Waals surface area contributed by atoms with Gasteiger partial charge in [0.15, 0.2) is 10.8 Å². The summed E-state index contributed by atoms with van der Waals surface area (Å²) in [6.45, 7) is 1.84. The molecular weight excluding hydrogens is 354 g/mol. The molecule has 1 N–H and O–H groups in total. The number of rotatable bonds is 6. The van der Waals surface area contributed by atoms with Gasteiger partial charge in [0.2, 0.25) is 5.91 Å². The molecule has 0 atom stereocenters. The number of aromatic nitrogens is 4. The SMILES string of the molecule is CCSc1ncc2c(=O)n(CC(=O)Nc3ccc(OC)cc3)cnc2n1. The van der Waals surface area contributed by atoms with Crippen molar-refractivity contribution in [3.63, 3.8) is 0 Å². The standard InChI is InChI=1S/C17H17N5O3S/c1-3-26-17-18-8-13-15(21-17)19-10-22(16(13)24)9-14(23)20-11-4-6-12(25-2)7-5-11/h4-8,10H,3,9H2,1-2H3,(H,20,23). The molecule has 0 radical (unpaired) electrons. The third-order valence-corrected chi connectivity index (χ3v) is 4.26. The van der Waals surface area contributed by atoms with Crippen LogP contribution in [0.1, 0.15) is 6.92 Å². The van der Waals surface area contributed by atoms with E-state index in [1.165, 1.54) is 28.9 Å². The summed E-state index contributed by atoms with van der Waals surface area (Å²) in [5.41, 5.74) is 0.586. The van der Waals surface area contributed by atoms with E-state index in [9.17, 15) is 9.59 Å². The van der Waals surface area contributed by atoms with Crippen molar-refractivity contribution in [2.24, 2.45) is 0 Å². The molecule has 0 bridgehead atoms. The smallest absolute Gasteiger partial charge is 0.264 e. The first-order chi connectivity index (χ1) is 12.6. The van der Waals surface area contributed by atoms with Gasteiger partial charge < -0.3 is 10.1 Å². The number of fused-ring (bicyclic) bond motifs is 1. The van der Waals surface area contributed by atoms with Gasteiger partial charge in [0, 0.05) is 11.9 Å². The molecule has 0 aliphatic heterocycles. The third-order valence-electron chi connectivity index (χ3n) is 3.52. The van der Waals surface area contributed by atoms with Crippen LogP contribution >= 0.6 is 11.8 Å². The first-order valence-electron chi connectivity index (χ1n) is 7.89. The molecule has 0 fully saturated rings. The van der Waals surface area contributed by atoms with Gasteiger partial charge in [-0.1, -0.05) is 18.7 Å². The van der Waals surface area contributed by atoms with Crippen molar-refractivity contribution in [1.82, 2.24) is 19.5 Å². The molecule has 0 aliphatic rings. The monoisotopic (exact) mass is 371 g/mol. The fourth-order valence-electron chi connectivity index (χ4n) is 2.28. The lowest BCUT2D eigenvalue weighted by Crippen LogP contribution is -2.28. The van der Waals surface area contributed by atoms with Crippen LogP contribution in [-0.4, -0.2) is 38.3 Å². The highest BCUT2D eigenvalue weighted by molar-refractivity contribution is 7.99. The molecule has 134 valence electrons. The molecule has 0 spiro atoms. The summed E-state index contributed by atoms with van der Waals surface area (Å²) < 4.78 is 6.30. The van der Waals surface area contributed by atoms with Crippen LogP contribution in [0.2, 0.25) is 0 Å². The molecule has 26 heavy (non-hydrogen) atoms. The summed E-state index contributed by atoms with van der Waals surface area (Å²) in [4.78, 5) is 37.3. The second kappa shape index (κ2) is 7.96. The maximum atomic E-state index is 12.5. The van der Waals surface area contributed by atoms with Crippen LogP contribution in [0, 0.1) is 0 Å². The number of nitrogens with zero attached hydrogens (tertiary/aromatic N) is 4. The third kappa shape index (κ3) is 3.99. The van der Waals surface area contributed by atoms with E-state index in [1.807, 2.05) is 6.92 Å². The molecule has 2 aromatic heterocycles. The average Bonchev–Trinajstić information content (AvgIpc) is 2.65. The predicted molar refractivity (Wildman–Crippen MR) is 99.6 cm³/mol. The first-order valence-corrected chi connectivity index (χ1v) is 8.88. The second-order valence-corrected chi connectivity index (χ2v) is 6.51. The van der Waals surface area contributed by atoms with E-state index in [-0.39, 0.29) is 23.4 Å². The molecule has 0 saturated carbocycles. The number of carbonyl (C=O) groups excluding carboxylic acids is 1. The Balaban J connectivity index is 1.77. The summed E-state index contributed by atoms with van der Waals surface area (Å²) in [6, 6.07) is 6.92. The molecule has 3 rings (SSSR count). The van der Waals surface area contributed by atoms with E-state index >= 15 is 0 Å². The molecule has 8 nitrogen and oxygen atoms in total. The number of methoxy groups -OCH3 is 1. The second-order valence-electron chi connectivity index (χ2n) is 5.28. The van der Waals surface area contributed by atoms with E-state index in [0.717, 1.165) is 5.75 Å². The Hall–Kier alpha value is -2.94. The van der Waals surface area contributed by atoms with Gasteiger partial charge in [0.25, 0.3) is 5.56 Å². The van der Waals surface area contributed by atoms with E-state index in [0.29, 0.717) is 22.2 Å². The van der Waals surface area contributed by atoms with Crippen LogP contribution < -0.4 is 15.6 Å². The number of thioether (sulfide) groups is 1. The lowest BCUT2D eigenvalue weighted by Gasteiger charge is -2.08. The van der Waals surface area contributed by atoms with Crippen LogP contribution in [0.4, 0.5) is 5.69 Å². The number of anilines is 1. The van der Waals surface area contributed by atoms with Crippen molar-refractivity contribution < 1.29 is 9.53 Å². The molecule has 9 heteroatoms. The van der Waals surface area contributed by atoms with Crippen molar-refractivity contribution in [2.45, 2.75) is 18.6 Å². The first kappa shape index (κ1) is 17.9. The average molecular weight is 371 g/mol. The van der Waals surface area contributed by atoms with Crippen LogP contribution in [-0.2, 0) is 11.3 Å². The largest absolute Gasteiger partial charge is 0.497 e. The maximum absolute atomic E-state index is 12.5. The topological polar surface area (TPSA) is 99.0 Å². The van der Waals surface area contributed by atoms with Gasteiger partial charge in [-0.15, -0.1) is 0 Å². The van der Waals surface area contributed by atoms with Crippen molar-refractivity contribution in [1.29, 1.82) is 0 Å². The summed E-state index contributed by atoms with van der Waals surface area (Å²) in [5, 5.41) is 3.58. The molecule has 2 heterocycles. The van der Waals surface area contributed by atoms with E-state index < -0.39 is 0 Å². The zero-order valence-corrected chi connectivity index (χ0v) is 15.1. The highest BCUT2D eigenvalue weighted by atomic mass is 32.2.